The van der Waals surface area contributed by atoms with Gasteiger partial charge in [0.25, 0.3) is 5.91 Å². The van der Waals surface area contributed by atoms with E-state index in [2.05, 4.69) is 6.92 Å². The molecule has 1 amide bonds. The molecule has 1 aromatic heterocycles. The average molecular weight is 393 g/mol. The zero-order valence-electron chi connectivity index (χ0n) is 16.2. The minimum Gasteiger partial charge on any atom is -0.486 e. The van der Waals surface area contributed by atoms with Crippen molar-refractivity contribution in [1.29, 1.82) is 0 Å². The van der Waals surface area contributed by atoms with Gasteiger partial charge in [0.2, 0.25) is 0 Å². The standard InChI is InChI=1S/C23H24N2O2S/c1-16-7-11-20(12-8-16)27-14-22-24-18(15-28-22)13-25(19-9-10-19)23(26)21-6-4-3-5-17(21)2/h3-8,11-12,15,19H,9-10,13-14H2,1-2H3. The fourth-order valence-corrected chi connectivity index (χ4v) is 3.86. The summed E-state index contributed by atoms with van der Waals surface area (Å²) in [7, 11) is 0. The van der Waals surface area contributed by atoms with Crippen LogP contribution in [0.2, 0.25) is 0 Å². The number of hydrogen-bond donors (Lipinski definition) is 0. The Balaban J connectivity index is 1.42. The maximum absolute atomic E-state index is 13.1. The summed E-state index contributed by atoms with van der Waals surface area (Å²) in [6, 6.07) is 16.1. The van der Waals surface area contributed by atoms with Crippen molar-refractivity contribution in [3.63, 3.8) is 0 Å². The van der Waals surface area contributed by atoms with Gasteiger partial charge in [0, 0.05) is 17.0 Å². The summed E-state index contributed by atoms with van der Waals surface area (Å²) in [5.74, 6) is 0.947. The summed E-state index contributed by atoms with van der Waals surface area (Å²) in [5, 5.41) is 2.96. The zero-order chi connectivity index (χ0) is 19.5. The van der Waals surface area contributed by atoms with Crippen LogP contribution in [0, 0.1) is 13.8 Å². The van der Waals surface area contributed by atoms with Gasteiger partial charge in [-0.1, -0.05) is 35.9 Å². The predicted octanol–water partition coefficient (Wildman–Crippen LogP) is 5.14. The molecule has 0 saturated heterocycles. The van der Waals surface area contributed by atoms with Crippen LogP contribution in [0.4, 0.5) is 0 Å². The lowest BCUT2D eigenvalue weighted by Crippen LogP contribution is -2.33. The quantitative estimate of drug-likeness (QED) is 0.559. The van der Waals surface area contributed by atoms with E-state index in [9.17, 15) is 4.79 Å². The highest BCUT2D eigenvalue weighted by atomic mass is 32.1. The number of amides is 1. The molecule has 28 heavy (non-hydrogen) atoms. The molecule has 0 N–H and O–H groups in total. The van der Waals surface area contributed by atoms with Gasteiger partial charge in [-0.25, -0.2) is 4.98 Å². The van der Waals surface area contributed by atoms with Crippen molar-refractivity contribution in [1.82, 2.24) is 9.88 Å². The van der Waals surface area contributed by atoms with E-state index in [1.54, 1.807) is 11.3 Å². The lowest BCUT2D eigenvalue weighted by molar-refractivity contribution is 0.0727. The van der Waals surface area contributed by atoms with Gasteiger partial charge in [-0.3, -0.25) is 4.79 Å². The van der Waals surface area contributed by atoms with Gasteiger partial charge in [-0.05, 0) is 50.5 Å². The molecule has 0 bridgehead atoms. The Labute approximate surface area is 169 Å². The maximum Gasteiger partial charge on any atom is 0.254 e. The summed E-state index contributed by atoms with van der Waals surface area (Å²) in [6.07, 6.45) is 2.15. The Hall–Kier alpha value is -2.66. The molecule has 1 saturated carbocycles. The number of aryl methyl sites for hydroxylation is 2. The molecule has 1 aliphatic carbocycles. The van der Waals surface area contributed by atoms with Crippen molar-refractivity contribution in [2.45, 2.75) is 45.9 Å². The molecule has 1 heterocycles. The number of rotatable bonds is 7. The summed E-state index contributed by atoms with van der Waals surface area (Å²) < 4.78 is 5.83. The van der Waals surface area contributed by atoms with E-state index in [-0.39, 0.29) is 5.91 Å². The first-order valence-corrected chi connectivity index (χ1v) is 10.5. The number of hydrogen-bond acceptors (Lipinski definition) is 4. The molecule has 5 heteroatoms. The van der Waals surface area contributed by atoms with E-state index in [1.165, 1.54) is 5.56 Å². The van der Waals surface area contributed by atoms with Crippen molar-refractivity contribution in [2.75, 3.05) is 0 Å². The van der Waals surface area contributed by atoms with Crippen LogP contribution in [0.25, 0.3) is 0 Å². The average Bonchev–Trinajstić information content (AvgIpc) is 3.44. The van der Waals surface area contributed by atoms with E-state index >= 15 is 0 Å². The minimum atomic E-state index is 0.103. The fraction of sp³-hybridized carbons (Fsp3) is 0.304. The fourth-order valence-electron chi connectivity index (χ4n) is 3.16. The molecule has 1 fully saturated rings. The van der Waals surface area contributed by atoms with E-state index < -0.39 is 0 Å². The highest BCUT2D eigenvalue weighted by Crippen LogP contribution is 2.30. The summed E-state index contributed by atoms with van der Waals surface area (Å²) >= 11 is 1.58. The first-order chi connectivity index (χ1) is 13.6. The third kappa shape index (κ3) is 4.42. The number of ether oxygens (including phenoxy) is 1. The first-order valence-electron chi connectivity index (χ1n) is 9.59. The maximum atomic E-state index is 13.1. The molecule has 3 aromatic rings. The Kier molecular flexibility index (Phi) is 5.44. The number of aromatic nitrogens is 1. The second-order valence-corrected chi connectivity index (χ2v) is 8.26. The molecule has 0 unspecified atom stereocenters. The number of nitrogens with zero attached hydrogens (tertiary/aromatic N) is 2. The number of carbonyl (C=O) groups is 1. The molecule has 4 rings (SSSR count). The molecule has 2 aromatic carbocycles. The Morgan fingerprint density at radius 3 is 2.61 bits per heavy atom. The number of benzene rings is 2. The number of thiazole rings is 1. The van der Waals surface area contributed by atoms with E-state index in [1.807, 2.05) is 65.7 Å². The lowest BCUT2D eigenvalue weighted by atomic mass is 10.1. The second-order valence-electron chi connectivity index (χ2n) is 7.31. The molecule has 4 nitrogen and oxygen atoms in total. The lowest BCUT2D eigenvalue weighted by Gasteiger charge is -2.22. The van der Waals surface area contributed by atoms with Gasteiger partial charge >= 0.3 is 0 Å². The van der Waals surface area contributed by atoms with Gasteiger partial charge in [0.05, 0.1) is 12.2 Å². The van der Waals surface area contributed by atoms with Crippen LogP contribution in [0.3, 0.4) is 0 Å². The van der Waals surface area contributed by atoms with Crippen molar-refractivity contribution >= 4 is 17.2 Å². The molecule has 1 aliphatic rings. The van der Waals surface area contributed by atoms with Crippen LogP contribution in [-0.4, -0.2) is 21.8 Å². The largest absolute Gasteiger partial charge is 0.486 e. The summed E-state index contributed by atoms with van der Waals surface area (Å²) in [6.45, 7) is 5.05. The third-order valence-electron chi connectivity index (χ3n) is 4.94. The van der Waals surface area contributed by atoms with Gasteiger partial charge in [-0.2, -0.15) is 0 Å². The molecule has 0 radical (unpaired) electrons. The molecule has 0 atom stereocenters. The smallest absolute Gasteiger partial charge is 0.254 e. The van der Waals surface area contributed by atoms with Crippen LogP contribution in [0.1, 0.15) is 45.0 Å². The van der Waals surface area contributed by atoms with Gasteiger partial charge < -0.3 is 9.64 Å². The highest BCUT2D eigenvalue weighted by Gasteiger charge is 2.33. The van der Waals surface area contributed by atoms with Gasteiger partial charge in [0.15, 0.2) is 0 Å². The van der Waals surface area contributed by atoms with Crippen LogP contribution >= 0.6 is 11.3 Å². The molecular weight excluding hydrogens is 368 g/mol. The van der Waals surface area contributed by atoms with Crippen molar-refractivity contribution in [2.24, 2.45) is 0 Å². The second kappa shape index (κ2) is 8.15. The van der Waals surface area contributed by atoms with Crippen molar-refractivity contribution in [3.8, 4) is 5.75 Å². The predicted molar refractivity (Wildman–Crippen MR) is 112 cm³/mol. The van der Waals surface area contributed by atoms with E-state index in [0.717, 1.165) is 40.4 Å². The van der Waals surface area contributed by atoms with Crippen LogP contribution < -0.4 is 4.74 Å². The van der Waals surface area contributed by atoms with Crippen LogP contribution in [0.5, 0.6) is 5.75 Å². The monoisotopic (exact) mass is 392 g/mol. The normalized spacial score (nSPS) is 13.4. The zero-order valence-corrected chi connectivity index (χ0v) is 17.0. The van der Waals surface area contributed by atoms with Gasteiger partial charge in [0.1, 0.15) is 17.4 Å². The molecule has 144 valence electrons. The molecule has 0 spiro atoms. The Morgan fingerprint density at radius 2 is 1.89 bits per heavy atom. The SMILES string of the molecule is Cc1ccc(OCc2nc(CN(C(=O)c3ccccc3C)C3CC3)cs2)cc1. The topological polar surface area (TPSA) is 42.4 Å². The molecule has 0 aliphatic heterocycles. The highest BCUT2D eigenvalue weighted by molar-refractivity contribution is 7.09. The molecular formula is C23H24N2O2S. The Morgan fingerprint density at radius 1 is 1.14 bits per heavy atom. The van der Waals surface area contributed by atoms with Crippen molar-refractivity contribution < 1.29 is 9.53 Å². The first kappa shape index (κ1) is 18.7. The minimum absolute atomic E-state index is 0.103. The third-order valence-corrected chi connectivity index (χ3v) is 5.81. The van der Waals surface area contributed by atoms with E-state index in [4.69, 9.17) is 9.72 Å². The van der Waals surface area contributed by atoms with Gasteiger partial charge in [-0.15, -0.1) is 11.3 Å². The van der Waals surface area contributed by atoms with Crippen LogP contribution in [-0.2, 0) is 13.2 Å². The summed E-state index contributed by atoms with van der Waals surface area (Å²) in [4.78, 5) is 19.7. The van der Waals surface area contributed by atoms with E-state index in [0.29, 0.717) is 19.2 Å². The summed E-state index contributed by atoms with van der Waals surface area (Å²) in [5.41, 5.74) is 3.94. The van der Waals surface area contributed by atoms with Crippen molar-refractivity contribution in [3.05, 3.63) is 81.3 Å². The Bertz CT molecular complexity index is 961. The number of carbonyl (C=O) groups excluding carboxylic acids is 1. The van der Waals surface area contributed by atoms with Crippen LogP contribution in [0.15, 0.2) is 53.9 Å².